The second-order valence-electron chi connectivity index (χ2n) is 10.4. The number of anilines is 1. The molecule has 4 atom stereocenters. The number of nitrogens with one attached hydrogen (secondary N) is 1. The van der Waals surface area contributed by atoms with E-state index in [1.807, 2.05) is 0 Å². The number of nitrogen functional groups attached to an aromatic ring is 1. The number of nitro benzene ring substituents is 1. The van der Waals surface area contributed by atoms with Gasteiger partial charge in [-0.2, -0.15) is 0 Å². The van der Waals surface area contributed by atoms with Gasteiger partial charge in [-0.05, 0) is 31.5 Å². The Morgan fingerprint density at radius 1 is 1.32 bits per heavy atom. The van der Waals surface area contributed by atoms with E-state index in [0.717, 1.165) is 16.2 Å². The average molecular weight is 649 g/mol. The number of aliphatic carboxylic acids is 1. The monoisotopic (exact) mass is 648 g/mol. The fourth-order valence-electron chi connectivity index (χ4n) is 4.76. The summed E-state index contributed by atoms with van der Waals surface area (Å²) in [6, 6.07) is 4.18. The molecule has 17 nitrogen and oxygen atoms in total. The largest absolute Gasteiger partial charge is 0.477 e. The van der Waals surface area contributed by atoms with Crippen molar-refractivity contribution in [3.05, 3.63) is 51.0 Å². The van der Waals surface area contributed by atoms with Crippen LogP contribution in [0.5, 0.6) is 0 Å². The number of β-lactam (4-membered cyclic amide) rings is 1. The highest BCUT2D eigenvalue weighted by atomic mass is 32.2. The smallest absolute Gasteiger partial charge is 0.370 e. The van der Waals surface area contributed by atoms with Gasteiger partial charge in [-0.1, -0.05) is 5.16 Å². The van der Waals surface area contributed by atoms with Gasteiger partial charge in [-0.15, -0.1) is 23.1 Å². The van der Waals surface area contributed by atoms with Crippen LogP contribution in [0.2, 0.25) is 0 Å². The fourth-order valence-corrected chi connectivity index (χ4v) is 6.86. The Balaban J connectivity index is 1.29. The second-order valence-corrected chi connectivity index (χ2v) is 12.4. The SMILES string of the molecule is CC(C)(O/N=C(\C(=O)N[C@@H]1C(=O)N2[C@@H]1SC[C@@H]1CC(=O)O[C@@]12C(=O)O)c1csc(N)n1)C(=O)OCc1ccc([N+](=O)[O-])cc1. The normalized spacial score (nSPS) is 24.4. The quantitative estimate of drug-likeness (QED) is 0.105. The van der Waals surface area contributed by atoms with E-state index in [1.54, 1.807) is 0 Å². The molecule has 232 valence electrons. The summed E-state index contributed by atoms with van der Waals surface area (Å²) in [5.74, 6) is -5.35. The number of nitrogens with zero attached hydrogens (tertiary/aromatic N) is 4. The maximum Gasteiger partial charge on any atom is 0.370 e. The molecule has 2 amide bonds. The molecular weight excluding hydrogens is 624 g/mol. The molecule has 0 saturated carbocycles. The third-order valence-corrected chi connectivity index (χ3v) is 9.14. The van der Waals surface area contributed by atoms with Crippen molar-refractivity contribution >= 4 is 69.4 Å². The zero-order valence-electron chi connectivity index (χ0n) is 23.0. The molecule has 4 N–H and O–H groups in total. The van der Waals surface area contributed by atoms with Crippen molar-refractivity contribution in [3.63, 3.8) is 0 Å². The van der Waals surface area contributed by atoms with Gasteiger partial charge in [0.25, 0.3) is 23.2 Å². The number of aromatic nitrogens is 1. The molecule has 3 fully saturated rings. The summed E-state index contributed by atoms with van der Waals surface area (Å²) < 4.78 is 10.4. The number of ether oxygens (including phenoxy) is 2. The highest BCUT2D eigenvalue weighted by molar-refractivity contribution is 8.00. The average Bonchev–Trinajstić information content (AvgIpc) is 3.56. The van der Waals surface area contributed by atoms with Gasteiger partial charge < -0.3 is 30.5 Å². The number of thiazole rings is 1. The Hall–Kier alpha value is -4.78. The van der Waals surface area contributed by atoms with E-state index in [4.69, 9.17) is 20.0 Å². The maximum absolute atomic E-state index is 13.4. The molecule has 3 aliphatic rings. The number of nitrogens with two attached hydrogens (primary N) is 1. The molecule has 0 spiro atoms. The van der Waals surface area contributed by atoms with E-state index in [0.29, 0.717) is 5.56 Å². The number of benzene rings is 1. The summed E-state index contributed by atoms with van der Waals surface area (Å²) in [6.45, 7) is 2.43. The lowest BCUT2D eigenvalue weighted by atomic mass is 9.89. The van der Waals surface area contributed by atoms with Crippen LogP contribution in [0.1, 0.15) is 31.5 Å². The number of carboxylic acid groups (broad SMARTS) is 1. The maximum atomic E-state index is 13.4. The summed E-state index contributed by atoms with van der Waals surface area (Å²) in [6.07, 6.45) is -0.154. The van der Waals surface area contributed by atoms with Crippen LogP contribution in [0.15, 0.2) is 34.8 Å². The van der Waals surface area contributed by atoms with Crippen LogP contribution in [-0.2, 0) is 44.9 Å². The molecule has 0 unspecified atom stereocenters. The molecule has 1 aromatic heterocycles. The van der Waals surface area contributed by atoms with E-state index < -0.39 is 69.0 Å². The van der Waals surface area contributed by atoms with Gasteiger partial charge >= 0.3 is 17.9 Å². The molecule has 44 heavy (non-hydrogen) atoms. The zero-order valence-corrected chi connectivity index (χ0v) is 24.6. The molecule has 5 rings (SSSR count). The van der Waals surface area contributed by atoms with Gasteiger partial charge in [0.05, 0.1) is 11.3 Å². The first-order valence-corrected chi connectivity index (χ1v) is 14.8. The number of carbonyl (C=O) groups is 5. The third-order valence-electron chi connectivity index (χ3n) is 7.05. The molecule has 0 aliphatic carbocycles. The number of hydrogen-bond donors (Lipinski definition) is 3. The Morgan fingerprint density at radius 2 is 2.02 bits per heavy atom. The van der Waals surface area contributed by atoms with Crippen molar-refractivity contribution in [1.82, 2.24) is 15.2 Å². The van der Waals surface area contributed by atoms with Crippen LogP contribution < -0.4 is 11.1 Å². The number of carboxylic acids is 1. The topological polar surface area (TPSA) is 243 Å². The summed E-state index contributed by atoms with van der Waals surface area (Å²) in [5.41, 5.74) is 1.75. The third kappa shape index (κ3) is 5.39. The molecule has 2 aromatic rings. The fraction of sp³-hybridized carbons (Fsp3) is 0.400. The van der Waals surface area contributed by atoms with E-state index in [1.165, 1.54) is 55.3 Å². The predicted molar refractivity (Wildman–Crippen MR) is 151 cm³/mol. The zero-order chi connectivity index (χ0) is 32.0. The first kappa shape index (κ1) is 30.7. The predicted octanol–water partition coefficient (Wildman–Crippen LogP) is 0.620. The van der Waals surface area contributed by atoms with Gasteiger partial charge in [-0.3, -0.25) is 29.4 Å². The van der Waals surface area contributed by atoms with Crippen LogP contribution in [-0.4, -0.2) is 83.8 Å². The molecule has 0 bridgehead atoms. The van der Waals surface area contributed by atoms with Crippen molar-refractivity contribution in [2.75, 3.05) is 11.5 Å². The first-order valence-electron chi connectivity index (χ1n) is 12.8. The number of thioether (sulfide) groups is 1. The van der Waals surface area contributed by atoms with Crippen LogP contribution >= 0.6 is 23.1 Å². The van der Waals surface area contributed by atoms with Crippen molar-refractivity contribution < 1.29 is 48.3 Å². The van der Waals surface area contributed by atoms with Crippen molar-refractivity contribution in [3.8, 4) is 0 Å². The Labute approximate surface area is 255 Å². The van der Waals surface area contributed by atoms with Crippen LogP contribution in [0, 0.1) is 16.0 Å². The number of hydrogen-bond acceptors (Lipinski definition) is 15. The lowest BCUT2D eigenvalue weighted by Gasteiger charge is -2.56. The number of fused-ring (bicyclic) bond motifs is 3. The van der Waals surface area contributed by atoms with Gasteiger partial charge in [-0.25, -0.2) is 14.6 Å². The number of carbonyl (C=O) groups excluding carboxylic acids is 4. The standard InChI is InChI=1S/C25H24N6O11S2/c1-24(2,22(37)40-8-11-3-5-13(6-4-11)31(38)39)42-29-16(14-10-44-23(26)27-14)18(33)28-17-19(34)30-20(17)43-9-12-7-15(32)41-25(12,30)21(35)36/h3-6,10,12,17,20H,7-9H2,1-2H3,(H2,26,27)(H,28,33)(H,35,36)/b29-16-/t12-,17+,20+,25+/m0/s1. The van der Waals surface area contributed by atoms with Crippen molar-refractivity contribution in [2.24, 2.45) is 11.1 Å². The van der Waals surface area contributed by atoms with E-state index in [9.17, 15) is 39.2 Å². The lowest BCUT2D eigenvalue weighted by Crippen LogP contribution is -2.80. The van der Waals surface area contributed by atoms with Gasteiger partial charge in [0.1, 0.15) is 23.7 Å². The number of non-ortho nitro benzene ring substituents is 1. The van der Waals surface area contributed by atoms with Crippen molar-refractivity contribution in [2.45, 2.75) is 49.6 Å². The second kappa shape index (κ2) is 11.4. The van der Waals surface area contributed by atoms with Crippen molar-refractivity contribution in [1.29, 1.82) is 0 Å². The first-order chi connectivity index (χ1) is 20.7. The van der Waals surface area contributed by atoms with Crippen LogP contribution in [0.3, 0.4) is 0 Å². The molecule has 0 radical (unpaired) electrons. The number of rotatable bonds is 10. The van der Waals surface area contributed by atoms with Gasteiger partial charge in [0, 0.05) is 29.2 Å². The molecule has 1 aromatic carbocycles. The minimum atomic E-state index is -2.15. The van der Waals surface area contributed by atoms with Crippen LogP contribution in [0.25, 0.3) is 0 Å². The van der Waals surface area contributed by atoms with E-state index >= 15 is 0 Å². The van der Waals surface area contributed by atoms with Gasteiger partial charge in [0.15, 0.2) is 10.8 Å². The molecular formula is C25H24N6O11S2. The van der Waals surface area contributed by atoms with E-state index in [2.05, 4.69) is 15.5 Å². The number of oxime groups is 1. The highest BCUT2D eigenvalue weighted by Gasteiger charge is 2.71. The Bertz CT molecular complexity index is 1590. The summed E-state index contributed by atoms with van der Waals surface area (Å²) in [7, 11) is 0. The van der Waals surface area contributed by atoms with E-state index in [-0.39, 0.29) is 35.3 Å². The molecule has 3 saturated heterocycles. The summed E-state index contributed by atoms with van der Waals surface area (Å²) in [5, 5.41) is 27.7. The summed E-state index contributed by atoms with van der Waals surface area (Å²) in [4.78, 5) is 84.1. The number of nitro groups is 1. The number of amides is 2. The summed E-state index contributed by atoms with van der Waals surface area (Å²) >= 11 is 2.19. The Kier molecular flexibility index (Phi) is 7.93. The molecule has 3 aliphatic heterocycles. The Morgan fingerprint density at radius 3 is 2.64 bits per heavy atom. The minimum Gasteiger partial charge on any atom is -0.477 e. The molecule has 19 heteroatoms. The number of esters is 2. The molecule has 4 heterocycles. The van der Waals surface area contributed by atoms with Gasteiger partial charge in [0.2, 0.25) is 5.60 Å². The highest BCUT2D eigenvalue weighted by Crippen LogP contribution is 2.51. The lowest BCUT2D eigenvalue weighted by molar-refractivity contribution is -0.384. The van der Waals surface area contributed by atoms with Crippen LogP contribution in [0.4, 0.5) is 10.8 Å². The minimum absolute atomic E-state index is 0.0215.